The zero-order valence-electron chi connectivity index (χ0n) is 21.9. The average molecular weight is 568 g/mol. The first-order chi connectivity index (χ1) is 19.0. The van der Waals surface area contributed by atoms with Gasteiger partial charge in [0.2, 0.25) is 0 Å². The van der Waals surface area contributed by atoms with E-state index in [9.17, 15) is 14.0 Å². The molecule has 1 aromatic heterocycles. The molecule has 1 atom stereocenters. The molecule has 0 spiro atoms. The van der Waals surface area contributed by atoms with Crippen molar-refractivity contribution in [2.24, 2.45) is 5.41 Å². The molecule has 4 rings (SSSR count). The molecular formula is C28H27FN3O7P. The fraction of sp³-hybridized carbons (Fsp3) is 0.250. The number of hydrogen-bond donors (Lipinski definition) is 3. The summed E-state index contributed by atoms with van der Waals surface area (Å²) in [6.45, 7) is 3.53. The van der Waals surface area contributed by atoms with Gasteiger partial charge >= 0.3 is 8.60 Å². The number of anilines is 1. The Morgan fingerprint density at radius 1 is 1.20 bits per heavy atom. The Morgan fingerprint density at radius 3 is 2.67 bits per heavy atom. The Bertz CT molecular complexity index is 1450. The molecule has 2 amide bonds. The van der Waals surface area contributed by atoms with E-state index in [1.165, 1.54) is 41.4 Å². The van der Waals surface area contributed by atoms with Crippen molar-refractivity contribution in [3.63, 3.8) is 0 Å². The van der Waals surface area contributed by atoms with Crippen LogP contribution >= 0.6 is 8.60 Å². The lowest BCUT2D eigenvalue weighted by Gasteiger charge is -2.20. The van der Waals surface area contributed by atoms with Crippen LogP contribution in [0.5, 0.6) is 17.2 Å². The van der Waals surface area contributed by atoms with Crippen molar-refractivity contribution < 1.29 is 37.8 Å². The summed E-state index contributed by atoms with van der Waals surface area (Å²) >= 11 is 0. The minimum Gasteiger partial charge on any atom is -0.489 e. The lowest BCUT2D eigenvalue weighted by atomic mass is 9.95. The van der Waals surface area contributed by atoms with Crippen LogP contribution in [0.3, 0.4) is 0 Å². The molecule has 3 N–H and O–H groups in total. The monoisotopic (exact) mass is 567 g/mol. The number of halogens is 1. The van der Waals surface area contributed by atoms with Gasteiger partial charge in [0.25, 0.3) is 11.8 Å². The van der Waals surface area contributed by atoms with Crippen molar-refractivity contribution in [1.29, 1.82) is 0 Å². The molecule has 40 heavy (non-hydrogen) atoms. The molecule has 12 heteroatoms. The lowest BCUT2D eigenvalue weighted by Crippen LogP contribution is -2.49. The smallest absolute Gasteiger partial charge is 0.327 e. The minimum atomic E-state index is -2.47. The van der Waals surface area contributed by atoms with Crippen molar-refractivity contribution in [1.82, 2.24) is 10.3 Å². The van der Waals surface area contributed by atoms with Gasteiger partial charge in [-0.2, -0.15) is 0 Å². The minimum absolute atomic E-state index is 0.0240. The molecule has 0 aliphatic carbocycles. The molecule has 1 aliphatic heterocycles. The topological polar surface area (TPSA) is 130 Å². The maximum Gasteiger partial charge on any atom is 0.327 e. The average Bonchev–Trinajstić information content (AvgIpc) is 3.04. The summed E-state index contributed by atoms with van der Waals surface area (Å²) in [4.78, 5) is 49.6. The predicted octanol–water partition coefficient (Wildman–Crippen LogP) is 3.77. The summed E-state index contributed by atoms with van der Waals surface area (Å²) in [5, 5.41) is 2.67. The van der Waals surface area contributed by atoms with Crippen LogP contribution in [0.1, 0.15) is 29.9 Å². The second-order valence-corrected chi connectivity index (χ2v) is 10.3. The Hall–Kier alpha value is -4.07. The third-order valence-electron chi connectivity index (χ3n) is 5.76. The first-order valence-corrected chi connectivity index (χ1v) is 13.3. The van der Waals surface area contributed by atoms with Gasteiger partial charge in [0.1, 0.15) is 41.4 Å². The summed E-state index contributed by atoms with van der Waals surface area (Å²) in [5.41, 5.74) is 0.456. The van der Waals surface area contributed by atoms with Crippen LogP contribution in [-0.2, 0) is 9.32 Å². The molecular weight excluding hydrogens is 540 g/mol. The number of nitrogens with one attached hydrogen (secondary N) is 1. The maximum atomic E-state index is 13.2. The van der Waals surface area contributed by atoms with Gasteiger partial charge < -0.3 is 34.0 Å². The summed E-state index contributed by atoms with van der Waals surface area (Å²) in [6, 6.07) is 12.5. The van der Waals surface area contributed by atoms with E-state index >= 15 is 0 Å². The van der Waals surface area contributed by atoms with Gasteiger partial charge in [0, 0.05) is 24.9 Å². The van der Waals surface area contributed by atoms with E-state index in [0.29, 0.717) is 28.5 Å². The van der Waals surface area contributed by atoms with Crippen molar-refractivity contribution in [3.8, 4) is 29.1 Å². The quantitative estimate of drug-likeness (QED) is 0.291. The molecule has 1 unspecified atom stereocenters. The van der Waals surface area contributed by atoms with Crippen LogP contribution < -0.4 is 19.7 Å². The molecule has 2 heterocycles. The second-order valence-electron chi connectivity index (χ2n) is 9.51. The molecule has 0 fully saturated rings. The Labute approximate surface area is 231 Å². The van der Waals surface area contributed by atoms with Crippen LogP contribution in [0.2, 0.25) is 0 Å². The summed E-state index contributed by atoms with van der Waals surface area (Å²) < 4.78 is 29.5. The normalized spacial score (nSPS) is 14.9. The van der Waals surface area contributed by atoms with Gasteiger partial charge in [0.05, 0.1) is 17.7 Å². The Morgan fingerprint density at radius 2 is 1.95 bits per heavy atom. The number of likely N-dealkylation sites (N-methyl/N-ethyl adjacent to an activating group) is 1. The van der Waals surface area contributed by atoms with Crippen LogP contribution in [-0.4, -0.2) is 52.9 Å². The van der Waals surface area contributed by atoms with Crippen molar-refractivity contribution in [3.05, 3.63) is 77.9 Å². The third kappa shape index (κ3) is 7.52. The molecule has 0 saturated heterocycles. The Kier molecular flexibility index (Phi) is 8.97. The van der Waals surface area contributed by atoms with Crippen LogP contribution in [0.25, 0.3) is 0 Å². The first kappa shape index (κ1) is 28.9. The number of carbonyl (C=O) groups is 2. The van der Waals surface area contributed by atoms with Crippen molar-refractivity contribution in [2.75, 3.05) is 25.2 Å². The molecule has 0 saturated carbocycles. The van der Waals surface area contributed by atoms with E-state index in [0.717, 1.165) is 0 Å². The fourth-order valence-electron chi connectivity index (χ4n) is 3.65. The molecule has 3 aromatic rings. The van der Waals surface area contributed by atoms with E-state index < -0.39 is 37.7 Å². The number of fused-ring (bicyclic) bond motifs is 1. The maximum absolute atomic E-state index is 13.2. The van der Waals surface area contributed by atoms with Crippen LogP contribution in [0, 0.1) is 23.1 Å². The number of nitrogens with zero attached hydrogens (tertiary/aromatic N) is 2. The summed E-state index contributed by atoms with van der Waals surface area (Å²) in [6.07, 6.45) is 1.39. The standard InChI is InChI=1S/C28H27FN3O7P/c1-28(2,17-38-40(35)36)12-10-18-4-9-25-24(14-18)32(3)27(34)23(16-37-25)31-26(33)22-15-21(11-13-30-22)39-20-7-5-19(29)6-8-20/h4-9,11,13-15,23,35-36H,16-17H2,1-3H3,(H,31,33). The number of pyridine rings is 1. The van der Waals surface area contributed by atoms with Gasteiger partial charge in [-0.15, -0.1) is 0 Å². The zero-order valence-corrected chi connectivity index (χ0v) is 22.8. The summed E-state index contributed by atoms with van der Waals surface area (Å²) in [7, 11) is -0.896. The zero-order chi connectivity index (χ0) is 28.9. The number of carbonyl (C=O) groups excluding carboxylic acids is 2. The van der Waals surface area contributed by atoms with Gasteiger partial charge in [-0.25, -0.2) is 4.39 Å². The van der Waals surface area contributed by atoms with Gasteiger partial charge in [-0.3, -0.25) is 14.6 Å². The van der Waals surface area contributed by atoms with E-state index in [1.54, 1.807) is 45.2 Å². The van der Waals surface area contributed by atoms with Crippen molar-refractivity contribution in [2.45, 2.75) is 19.9 Å². The summed E-state index contributed by atoms with van der Waals surface area (Å²) in [5.74, 6) is 5.80. The second kappa shape index (κ2) is 12.4. The number of ether oxygens (including phenoxy) is 2. The van der Waals surface area contributed by atoms with Gasteiger partial charge in [0.15, 0.2) is 0 Å². The number of rotatable bonds is 7. The lowest BCUT2D eigenvalue weighted by molar-refractivity contribution is -0.120. The van der Waals surface area contributed by atoms with E-state index in [2.05, 4.69) is 22.1 Å². The molecule has 0 bridgehead atoms. The van der Waals surface area contributed by atoms with Crippen molar-refractivity contribution >= 4 is 26.1 Å². The number of benzene rings is 2. The van der Waals surface area contributed by atoms with E-state index in [-0.39, 0.29) is 18.9 Å². The predicted molar refractivity (Wildman–Crippen MR) is 145 cm³/mol. The highest BCUT2D eigenvalue weighted by Gasteiger charge is 2.31. The largest absolute Gasteiger partial charge is 0.489 e. The third-order valence-corrected chi connectivity index (χ3v) is 6.12. The van der Waals surface area contributed by atoms with Gasteiger partial charge in [-0.05, 0) is 62.4 Å². The molecule has 1 aliphatic rings. The molecule has 2 aromatic carbocycles. The number of amides is 2. The van der Waals surface area contributed by atoms with E-state index in [4.69, 9.17) is 23.8 Å². The molecule has 208 valence electrons. The first-order valence-electron chi connectivity index (χ1n) is 12.1. The fourth-order valence-corrected chi connectivity index (χ4v) is 4.08. The van der Waals surface area contributed by atoms with Crippen LogP contribution in [0.4, 0.5) is 10.1 Å². The molecule has 10 nitrogen and oxygen atoms in total. The highest BCUT2D eigenvalue weighted by atomic mass is 31.2. The SMILES string of the molecule is CN1C(=O)C(NC(=O)c2cc(Oc3ccc(F)cc3)ccn2)COc2ccc(C#CC(C)(C)COP(O)O)cc21. The van der Waals surface area contributed by atoms with E-state index in [1.807, 2.05) is 0 Å². The van der Waals surface area contributed by atoms with Crippen LogP contribution in [0.15, 0.2) is 60.8 Å². The number of hydrogen-bond acceptors (Lipinski definition) is 8. The number of aromatic nitrogens is 1. The Balaban J connectivity index is 1.45. The van der Waals surface area contributed by atoms with Gasteiger partial charge in [-0.1, -0.05) is 11.8 Å². The molecule has 0 radical (unpaired) electrons. The highest BCUT2D eigenvalue weighted by Crippen LogP contribution is 2.32. The highest BCUT2D eigenvalue weighted by molar-refractivity contribution is 7.39.